The summed E-state index contributed by atoms with van der Waals surface area (Å²) >= 11 is 0. The molecule has 2 unspecified atom stereocenters. The largest absolute Gasteiger partial charge is 0.312 e. The van der Waals surface area contributed by atoms with Gasteiger partial charge in [-0.05, 0) is 39.4 Å². The van der Waals surface area contributed by atoms with Crippen LogP contribution >= 0.6 is 0 Å². The first-order valence-corrected chi connectivity index (χ1v) is 6.38. The van der Waals surface area contributed by atoms with Gasteiger partial charge in [-0.15, -0.1) is 0 Å². The fourth-order valence-corrected chi connectivity index (χ4v) is 2.60. The summed E-state index contributed by atoms with van der Waals surface area (Å²) in [6.45, 7) is 4.27. The molecule has 0 spiro atoms. The quantitative estimate of drug-likeness (QED) is 0.864. The third-order valence-corrected chi connectivity index (χ3v) is 3.74. The van der Waals surface area contributed by atoms with Crippen LogP contribution in [0.1, 0.15) is 31.4 Å². The SMILES string of the molecule is CNC(CN1CCCC1C)c1ccccc1F. The van der Waals surface area contributed by atoms with Crippen LogP contribution in [0, 0.1) is 5.82 Å². The second kappa shape index (κ2) is 5.61. The highest BCUT2D eigenvalue weighted by atomic mass is 19.1. The Bertz CT molecular complexity index is 367. The van der Waals surface area contributed by atoms with Gasteiger partial charge in [0.05, 0.1) is 0 Å². The number of halogens is 1. The van der Waals surface area contributed by atoms with Crippen LogP contribution in [0.25, 0.3) is 0 Å². The minimum Gasteiger partial charge on any atom is -0.312 e. The maximum absolute atomic E-state index is 13.7. The van der Waals surface area contributed by atoms with Crippen LogP contribution in [0.4, 0.5) is 4.39 Å². The molecule has 1 heterocycles. The molecule has 1 aromatic carbocycles. The van der Waals surface area contributed by atoms with Gasteiger partial charge in [0.15, 0.2) is 0 Å². The van der Waals surface area contributed by atoms with Crippen molar-refractivity contribution in [3.05, 3.63) is 35.6 Å². The minimum absolute atomic E-state index is 0.0803. The molecule has 2 atom stereocenters. The maximum atomic E-state index is 13.7. The van der Waals surface area contributed by atoms with Gasteiger partial charge < -0.3 is 5.32 Å². The van der Waals surface area contributed by atoms with Crippen LogP contribution in [-0.4, -0.2) is 31.1 Å². The van der Waals surface area contributed by atoms with Crippen molar-refractivity contribution >= 4 is 0 Å². The number of hydrogen-bond donors (Lipinski definition) is 1. The van der Waals surface area contributed by atoms with E-state index in [1.807, 2.05) is 19.2 Å². The second-order valence-electron chi connectivity index (χ2n) is 4.85. The maximum Gasteiger partial charge on any atom is 0.128 e. The summed E-state index contributed by atoms with van der Waals surface area (Å²) in [6, 6.07) is 7.75. The average molecular weight is 236 g/mol. The first-order chi connectivity index (χ1) is 8.22. The number of nitrogens with one attached hydrogen (secondary N) is 1. The zero-order valence-electron chi connectivity index (χ0n) is 10.6. The molecule has 0 radical (unpaired) electrons. The Hall–Kier alpha value is -0.930. The molecular weight excluding hydrogens is 215 g/mol. The van der Waals surface area contributed by atoms with E-state index in [1.54, 1.807) is 6.07 Å². The number of benzene rings is 1. The highest BCUT2D eigenvalue weighted by Crippen LogP contribution is 2.22. The molecule has 0 saturated carbocycles. The van der Waals surface area contributed by atoms with E-state index < -0.39 is 0 Å². The topological polar surface area (TPSA) is 15.3 Å². The molecule has 1 saturated heterocycles. The normalized spacial score (nSPS) is 22.9. The predicted octanol–water partition coefficient (Wildman–Crippen LogP) is 2.57. The lowest BCUT2D eigenvalue weighted by Crippen LogP contribution is -2.36. The van der Waals surface area contributed by atoms with Crippen LogP contribution in [0.2, 0.25) is 0 Å². The van der Waals surface area contributed by atoms with Crippen molar-refractivity contribution in [1.82, 2.24) is 10.2 Å². The van der Waals surface area contributed by atoms with Crippen LogP contribution in [-0.2, 0) is 0 Å². The Labute approximate surface area is 103 Å². The Kier molecular flexibility index (Phi) is 4.13. The van der Waals surface area contributed by atoms with Crippen molar-refractivity contribution in [2.45, 2.75) is 31.8 Å². The monoisotopic (exact) mass is 236 g/mol. The van der Waals surface area contributed by atoms with Crippen LogP contribution < -0.4 is 5.32 Å². The molecule has 94 valence electrons. The van der Waals surface area contributed by atoms with E-state index in [1.165, 1.54) is 18.9 Å². The molecule has 3 heteroatoms. The molecule has 0 aromatic heterocycles. The molecule has 17 heavy (non-hydrogen) atoms. The van der Waals surface area contributed by atoms with Crippen molar-refractivity contribution < 1.29 is 4.39 Å². The van der Waals surface area contributed by atoms with Gasteiger partial charge in [0.25, 0.3) is 0 Å². The number of rotatable bonds is 4. The van der Waals surface area contributed by atoms with E-state index in [0.717, 1.165) is 18.7 Å². The van der Waals surface area contributed by atoms with E-state index in [-0.39, 0.29) is 11.9 Å². The Morgan fingerprint density at radius 2 is 2.24 bits per heavy atom. The number of likely N-dealkylation sites (N-methyl/N-ethyl adjacent to an activating group) is 1. The Morgan fingerprint density at radius 1 is 1.47 bits per heavy atom. The predicted molar refractivity (Wildman–Crippen MR) is 68.5 cm³/mol. The highest BCUT2D eigenvalue weighted by Gasteiger charge is 2.24. The van der Waals surface area contributed by atoms with Gasteiger partial charge in [0.1, 0.15) is 5.82 Å². The van der Waals surface area contributed by atoms with Gasteiger partial charge >= 0.3 is 0 Å². The summed E-state index contributed by atoms with van der Waals surface area (Å²) in [5.74, 6) is -0.112. The molecule has 1 aliphatic rings. The van der Waals surface area contributed by atoms with Gasteiger partial charge in [0, 0.05) is 24.2 Å². The first kappa shape index (κ1) is 12.5. The van der Waals surface area contributed by atoms with E-state index >= 15 is 0 Å². The third-order valence-electron chi connectivity index (χ3n) is 3.74. The van der Waals surface area contributed by atoms with Gasteiger partial charge in [-0.2, -0.15) is 0 Å². The molecule has 1 N–H and O–H groups in total. The molecule has 0 bridgehead atoms. The van der Waals surface area contributed by atoms with Gasteiger partial charge in [-0.1, -0.05) is 18.2 Å². The van der Waals surface area contributed by atoms with Gasteiger partial charge in [-0.3, -0.25) is 4.90 Å². The summed E-state index contributed by atoms with van der Waals surface area (Å²) in [7, 11) is 1.90. The van der Waals surface area contributed by atoms with Crippen molar-refractivity contribution in [1.29, 1.82) is 0 Å². The molecule has 1 fully saturated rings. The molecule has 1 aliphatic heterocycles. The molecule has 1 aromatic rings. The minimum atomic E-state index is -0.112. The van der Waals surface area contributed by atoms with Gasteiger partial charge in [-0.25, -0.2) is 4.39 Å². The first-order valence-electron chi connectivity index (χ1n) is 6.38. The van der Waals surface area contributed by atoms with E-state index in [0.29, 0.717) is 6.04 Å². The van der Waals surface area contributed by atoms with E-state index in [2.05, 4.69) is 17.1 Å². The van der Waals surface area contributed by atoms with Crippen molar-refractivity contribution in [3.8, 4) is 0 Å². The van der Waals surface area contributed by atoms with E-state index in [4.69, 9.17) is 0 Å². The molecular formula is C14H21FN2. The van der Waals surface area contributed by atoms with Gasteiger partial charge in [0.2, 0.25) is 0 Å². The van der Waals surface area contributed by atoms with Crippen molar-refractivity contribution in [2.75, 3.05) is 20.1 Å². The second-order valence-corrected chi connectivity index (χ2v) is 4.85. The molecule has 0 amide bonds. The summed E-state index contributed by atoms with van der Waals surface area (Å²) in [6.07, 6.45) is 2.52. The summed E-state index contributed by atoms with van der Waals surface area (Å²) in [5.41, 5.74) is 0.772. The Morgan fingerprint density at radius 3 is 2.82 bits per heavy atom. The number of likely N-dealkylation sites (tertiary alicyclic amines) is 1. The average Bonchev–Trinajstić information content (AvgIpc) is 2.73. The fraction of sp³-hybridized carbons (Fsp3) is 0.571. The molecule has 0 aliphatic carbocycles. The van der Waals surface area contributed by atoms with Crippen molar-refractivity contribution in [3.63, 3.8) is 0 Å². The number of nitrogens with zero attached hydrogens (tertiary/aromatic N) is 1. The fourth-order valence-electron chi connectivity index (χ4n) is 2.60. The lowest BCUT2D eigenvalue weighted by atomic mass is 10.1. The summed E-state index contributed by atoms with van der Waals surface area (Å²) < 4.78 is 13.7. The van der Waals surface area contributed by atoms with E-state index in [9.17, 15) is 4.39 Å². The summed E-state index contributed by atoms with van der Waals surface area (Å²) in [4.78, 5) is 2.44. The third kappa shape index (κ3) is 2.85. The lowest BCUT2D eigenvalue weighted by Gasteiger charge is -2.27. The van der Waals surface area contributed by atoms with Crippen LogP contribution in [0.3, 0.4) is 0 Å². The molecule has 2 nitrogen and oxygen atoms in total. The van der Waals surface area contributed by atoms with Crippen LogP contribution in [0.5, 0.6) is 0 Å². The zero-order chi connectivity index (χ0) is 12.3. The molecule has 2 rings (SSSR count). The number of hydrogen-bond acceptors (Lipinski definition) is 2. The summed E-state index contributed by atoms with van der Waals surface area (Å²) in [5, 5.41) is 3.22. The Balaban J connectivity index is 2.09. The van der Waals surface area contributed by atoms with Crippen molar-refractivity contribution in [2.24, 2.45) is 0 Å². The standard InChI is InChI=1S/C14H21FN2/c1-11-6-5-9-17(11)10-14(16-2)12-7-3-4-8-13(12)15/h3-4,7-8,11,14,16H,5-6,9-10H2,1-2H3. The zero-order valence-corrected chi connectivity index (χ0v) is 10.6. The highest BCUT2D eigenvalue weighted by molar-refractivity contribution is 5.21. The van der Waals surface area contributed by atoms with Crippen LogP contribution in [0.15, 0.2) is 24.3 Å². The smallest absolute Gasteiger partial charge is 0.128 e. The lowest BCUT2D eigenvalue weighted by molar-refractivity contribution is 0.239.